The van der Waals surface area contributed by atoms with Crippen molar-refractivity contribution >= 4 is 5.97 Å². The van der Waals surface area contributed by atoms with Crippen molar-refractivity contribution in [1.82, 2.24) is 0 Å². The molecule has 0 radical (unpaired) electrons. The zero-order valence-corrected chi connectivity index (χ0v) is 10.5. The Kier molecular flexibility index (Phi) is 2.21. The van der Waals surface area contributed by atoms with E-state index in [9.17, 15) is 4.79 Å². The van der Waals surface area contributed by atoms with E-state index in [0.29, 0.717) is 17.9 Å². The van der Waals surface area contributed by atoms with Crippen LogP contribution in [-0.4, -0.2) is 18.4 Å². The normalized spacial score (nSPS) is 31.9. The van der Waals surface area contributed by atoms with E-state index in [1.807, 2.05) is 6.92 Å². The Balaban J connectivity index is 2.01. The third kappa shape index (κ3) is 1.26. The summed E-state index contributed by atoms with van der Waals surface area (Å²) in [6, 6.07) is 5.15. The van der Waals surface area contributed by atoms with Crippen molar-refractivity contribution in [2.24, 2.45) is 0 Å². The highest BCUT2D eigenvalue weighted by Crippen LogP contribution is 2.57. The van der Waals surface area contributed by atoms with Crippen molar-refractivity contribution < 1.29 is 24.0 Å². The second kappa shape index (κ2) is 3.46. The van der Waals surface area contributed by atoms with Gasteiger partial charge in [-0.15, -0.1) is 0 Å². The molecule has 0 aliphatic carbocycles. The first-order valence-electron chi connectivity index (χ1n) is 5.88. The average Bonchev–Trinajstić information content (AvgIpc) is 2.50. The largest absolute Gasteiger partial charge is 0.462 e. The summed E-state index contributed by atoms with van der Waals surface area (Å²) in [5, 5.41) is 0. The fourth-order valence-electron chi connectivity index (χ4n) is 2.23. The molecule has 18 heavy (non-hydrogen) atoms. The van der Waals surface area contributed by atoms with Gasteiger partial charge in [-0.3, -0.25) is 0 Å². The lowest BCUT2D eigenvalue weighted by Crippen LogP contribution is -2.60. The van der Waals surface area contributed by atoms with Crippen LogP contribution in [0.1, 0.15) is 36.7 Å². The number of fused-ring (bicyclic) bond motifs is 3. The number of carbonyl (C=O) groups excluding carboxylic acids is 1. The molecule has 3 rings (SSSR count). The van der Waals surface area contributed by atoms with Gasteiger partial charge in [-0.05, 0) is 32.0 Å². The summed E-state index contributed by atoms with van der Waals surface area (Å²) in [5.41, 5.74) is 0.618. The van der Waals surface area contributed by atoms with Gasteiger partial charge in [-0.1, -0.05) is 0 Å². The SMILES string of the molecule is CCOC(=O)c1ccc2c(c1)C1(C)OOC1(C)O2. The van der Waals surface area contributed by atoms with E-state index < -0.39 is 11.4 Å². The van der Waals surface area contributed by atoms with Gasteiger partial charge in [0.2, 0.25) is 0 Å². The van der Waals surface area contributed by atoms with Crippen molar-refractivity contribution in [3.8, 4) is 5.75 Å². The number of esters is 1. The molecule has 1 aromatic rings. The smallest absolute Gasteiger partial charge is 0.338 e. The summed E-state index contributed by atoms with van der Waals surface area (Å²) >= 11 is 0. The molecule has 5 heteroatoms. The summed E-state index contributed by atoms with van der Waals surface area (Å²) < 4.78 is 10.7. The van der Waals surface area contributed by atoms with E-state index in [2.05, 4.69) is 0 Å². The molecule has 2 atom stereocenters. The van der Waals surface area contributed by atoms with Gasteiger partial charge >= 0.3 is 5.97 Å². The lowest BCUT2D eigenvalue weighted by molar-refractivity contribution is -0.587. The molecule has 2 unspecified atom stereocenters. The van der Waals surface area contributed by atoms with Crippen molar-refractivity contribution in [2.75, 3.05) is 6.61 Å². The first kappa shape index (κ1) is 11.5. The molecule has 0 amide bonds. The van der Waals surface area contributed by atoms with Crippen LogP contribution in [0.2, 0.25) is 0 Å². The van der Waals surface area contributed by atoms with Gasteiger partial charge in [-0.25, -0.2) is 9.68 Å². The first-order valence-corrected chi connectivity index (χ1v) is 5.88. The topological polar surface area (TPSA) is 54.0 Å². The number of ether oxygens (including phenoxy) is 2. The van der Waals surface area contributed by atoms with Gasteiger partial charge < -0.3 is 9.47 Å². The van der Waals surface area contributed by atoms with Gasteiger partial charge in [-0.2, -0.15) is 4.89 Å². The van der Waals surface area contributed by atoms with Gasteiger partial charge in [0.25, 0.3) is 5.79 Å². The highest BCUT2D eigenvalue weighted by Gasteiger charge is 2.67. The average molecular weight is 250 g/mol. The lowest BCUT2D eigenvalue weighted by Gasteiger charge is -2.45. The molecule has 1 fully saturated rings. The maximum Gasteiger partial charge on any atom is 0.338 e. The quantitative estimate of drug-likeness (QED) is 0.594. The number of hydrogen-bond acceptors (Lipinski definition) is 5. The lowest BCUT2D eigenvalue weighted by atomic mass is 9.88. The first-order chi connectivity index (χ1) is 8.50. The fraction of sp³-hybridized carbons (Fsp3) is 0.462. The summed E-state index contributed by atoms with van der Waals surface area (Å²) in [4.78, 5) is 21.9. The Morgan fingerprint density at radius 2 is 2.11 bits per heavy atom. The van der Waals surface area contributed by atoms with Crippen LogP contribution in [0, 0.1) is 0 Å². The van der Waals surface area contributed by atoms with Crippen LogP contribution < -0.4 is 4.74 Å². The Morgan fingerprint density at radius 3 is 2.72 bits per heavy atom. The van der Waals surface area contributed by atoms with E-state index in [1.54, 1.807) is 32.0 Å². The Morgan fingerprint density at radius 1 is 1.33 bits per heavy atom. The maximum atomic E-state index is 11.7. The van der Waals surface area contributed by atoms with E-state index in [0.717, 1.165) is 5.56 Å². The minimum absolute atomic E-state index is 0.348. The highest BCUT2D eigenvalue weighted by atomic mass is 17.3. The number of rotatable bonds is 2. The molecule has 1 aromatic carbocycles. The number of benzene rings is 1. The minimum Gasteiger partial charge on any atom is -0.462 e. The Hall–Kier alpha value is -1.59. The third-order valence-corrected chi connectivity index (χ3v) is 3.54. The molecule has 0 bridgehead atoms. The van der Waals surface area contributed by atoms with Gasteiger partial charge in [0.15, 0.2) is 5.60 Å². The van der Waals surface area contributed by atoms with Crippen LogP contribution in [0.15, 0.2) is 18.2 Å². The van der Waals surface area contributed by atoms with Gasteiger partial charge in [0, 0.05) is 12.5 Å². The monoisotopic (exact) mass is 250 g/mol. The summed E-state index contributed by atoms with van der Waals surface area (Å²) in [7, 11) is 0. The van der Waals surface area contributed by atoms with Gasteiger partial charge in [0.05, 0.1) is 12.2 Å². The molecule has 0 N–H and O–H groups in total. The predicted molar refractivity (Wildman–Crippen MR) is 61.0 cm³/mol. The van der Waals surface area contributed by atoms with Crippen LogP contribution in [-0.2, 0) is 20.1 Å². The Labute approximate surface area is 105 Å². The van der Waals surface area contributed by atoms with Crippen LogP contribution in [0.4, 0.5) is 0 Å². The standard InChI is InChI=1S/C13H14O5/c1-4-15-11(14)8-5-6-10-9(7-8)12(2)13(3,16-10)18-17-12/h5-7H,4H2,1-3H3. The van der Waals surface area contributed by atoms with Gasteiger partial charge in [0.1, 0.15) is 5.75 Å². The second-order valence-corrected chi connectivity index (χ2v) is 4.68. The molecule has 5 nitrogen and oxygen atoms in total. The van der Waals surface area contributed by atoms with E-state index >= 15 is 0 Å². The molecular weight excluding hydrogens is 236 g/mol. The third-order valence-electron chi connectivity index (χ3n) is 3.54. The fourth-order valence-corrected chi connectivity index (χ4v) is 2.23. The molecule has 0 aromatic heterocycles. The molecule has 0 saturated carbocycles. The maximum absolute atomic E-state index is 11.7. The number of carbonyl (C=O) groups is 1. The molecule has 2 aliphatic heterocycles. The van der Waals surface area contributed by atoms with Crippen LogP contribution >= 0.6 is 0 Å². The molecule has 0 spiro atoms. The Bertz CT molecular complexity index is 526. The van der Waals surface area contributed by atoms with E-state index in [-0.39, 0.29) is 5.97 Å². The molecule has 96 valence electrons. The molecule has 1 saturated heterocycles. The van der Waals surface area contributed by atoms with Crippen LogP contribution in [0.3, 0.4) is 0 Å². The second-order valence-electron chi connectivity index (χ2n) is 4.68. The number of hydrogen-bond donors (Lipinski definition) is 0. The zero-order valence-electron chi connectivity index (χ0n) is 10.5. The minimum atomic E-state index is -0.817. The highest BCUT2D eigenvalue weighted by molar-refractivity contribution is 5.90. The van der Waals surface area contributed by atoms with Crippen molar-refractivity contribution in [3.63, 3.8) is 0 Å². The summed E-state index contributed by atoms with van der Waals surface area (Å²) in [5.74, 6) is -0.494. The van der Waals surface area contributed by atoms with E-state index in [1.165, 1.54) is 0 Å². The van der Waals surface area contributed by atoms with E-state index in [4.69, 9.17) is 19.2 Å². The molecule has 2 heterocycles. The molecule has 2 aliphatic rings. The molecular formula is C13H14O5. The zero-order chi connectivity index (χ0) is 13.0. The summed E-state index contributed by atoms with van der Waals surface area (Å²) in [6.45, 7) is 5.80. The van der Waals surface area contributed by atoms with Crippen molar-refractivity contribution in [1.29, 1.82) is 0 Å². The van der Waals surface area contributed by atoms with Crippen LogP contribution in [0.25, 0.3) is 0 Å². The summed E-state index contributed by atoms with van der Waals surface area (Å²) in [6.07, 6.45) is 0. The predicted octanol–water partition coefficient (Wildman–Crippen LogP) is 2.15. The van der Waals surface area contributed by atoms with Crippen molar-refractivity contribution in [2.45, 2.75) is 32.2 Å². The van der Waals surface area contributed by atoms with Crippen molar-refractivity contribution in [3.05, 3.63) is 29.3 Å². The van der Waals surface area contributed by atoms with Crippen LogP contribution in [0.5, 0.6) is 5.75 Å².